The first kappa shape index (κ1) is 17.7. The second kappa shape index (κ2) is 7.79. The number of ether oxygens (including phenoxy) is 1. The van der Waals surface area contributed by atoms with Crippen molar-refractivity contribution in [2.45, 2.75) is 26.8 Å². The average molecular weight is 343 g/mol. The fourth-order valence-corrected chi connectivity index (χ4v) is 2.82. The number of hydrogen-bond acceptors (Lipinski definition) is 4. The summed E-state index contributed by atoms with van der Waals surface area (Å²) in [7, 11) is 1.61. The van der Waals surface area contributed by atoms with Gasteiger partial charge in [0, 0.05) is 39.1 Å². The standard InChI is InChI=1S/C15H23ClN4O3/c1-10-15(16)11(2)20(18-10)9-13(21)17-7-12-6-14(22)19(8-12)4-5-23-3/h12H,4-9H2,1-3H3,(H,17,21). The van der Waals surface area contributed by atoms with Gasteiger partial charge in [-0.1, -0.05) is 11.6 Å². The van der Waals surface area contributed by atoms with Crippen LogP contribution in [-0.2, 0) is 20.9 Å². The summed E-state index contributed by atoms with van der Waals surface area (Å²) in [5.41, 5.74) is 1.49. The molecular formula is C15H23ClN4O3. The molecule has 0 aromatic carbocycles. The molecular weight excluding hydrogens is 320 g/mol. The second-order valence-corrected chi connectivity index (χ2v) is 6.23. The molecule has 23 heavy (non-hydrogen) atoms. The van der Waals surface area contributed by atoms with E-state index in [1.165, 1.54) is 0 Å². The molecule has 1 fully saturated rings. The van der Waals surface area contributed by atoms with E-state index in [-0.39, 0.29) is 24.3 Å². The number of carbonyl (C=O) groups is 2. The summed E-state index contributed by atoms with van der Waals surface area (Å²) in [5.74, 6) is 0.133. The van der Waals surface area contributed by atoms with Crippen molar-refractivity contribution in [1.29, 1.82) is 0 Å². The zero-order valence-electron chi connectivity index (χ0n) is 13.8. The van der Waals surface area contributed by atoms with E-state index in [1.54, 1.807) is 16.7 Å². The number of nitrogens with one attached hydrogen (secondary N) is 1. The van der Waals surface area contributed by atoms with Crippen LogP contribution in [0.2, 0.25) is 5.02 Å². The van der Waals surface area contributed by atoms with Gasteiger partial charge in [0.25, 0.3) is 0 Å². The van der Waals surface area contributed by atoms with Crippen LogP contribution in [0.1, 0.15) is 17.8 Å². The molecule has 0 saturated carbocycles. The van der Waals surface area contributed by atoms with Crippen molar-refractivity contribution in [3.63, 3.8) is 0 Å². The molecule has 1 atom stereocenters. The van der Waals surface area contributed by atoms with E-state index in [0.29, 0.717) is 43.4 Å². The zero-order chi connectivity index (χ0) is 17.0. The molecule has 128 valence electrons. The summed E-state index contributed by atoms with van der Waals surface area (Å²) >= 11 is 6.07. The number of rotatable bonds is 7. The number of amides is 2. The van der Waals surface area contributed by atoms with Crippen molar-refractivity contribution in [3.05, 3.63) is 16.4 Å². The third kappa shape index (κ3) is 4.45. The van der Waals surface area contributed by atoms with E-state index in [4.69, 9.17) is 16.3 Å². The lowest BCUT2D eigenvalue weighted by atomic mass is 10.1. The number of likely N-dealkylation sites (tertiary alicyclic amines) is 1. The fraction of sp³-hybridized carbons (Fsp3) is 0.667. The highest BCUT2D eigenvalue weighted by Gasteiger charge is 2.29. The van der Waals surface area contributed by atoms with Gasteiger partial charge in [-0.3, -0.25) is 14.3 Å². The van der Waals surface area contributed by atoms with Crippen molar-refractivity contribution in [2.24, 2.45) is 5.92 Å². The molecule has 0 radical (unpaired) electrons. The second-order valence-electron chi connectivity index (χ2n) is 5.85. The van der Waals surface area contributed by atoms with E-state index >= 15 is 0 Å². The highest BCUT2D eigenvalue weighted by Crippen LogP contribution is 2.19. The highest BCUT2D eigenvalue weighted by molar-refractivity contribution is 6.31. The molecule has 8 heteroatoms. The molecule has 0 bridgehead atoms. The minimum Gasteiger partial charge on any atom is -0.383 e. The van der Waals surface area contributed by atoms with Gasteiger partial charge in [0.05, 0.1) is 23.0 Å². The summed E-state index contributed by atoms with van der Waals surface area (Å²) in [4.78, 5) is 25.7. The molecule has 0 spiro atoms. The molecule has 2 heterocycles. The number of halogens is 1. The number of hydrogen-bond donors (Lipinski definition) is 1. The molecule has 1 N–H and O–H groups in total. The monoisotopic (exact) mass is 342 g/mol. The normalized spacial score (nSPS) is 17.8. The average Bonchev–Trinajstić information content (AvgIpc) is 2.98. The Kier molecular flexibility index (Phi) is 6.01. The highest BCUT2D eigenvalue weighted by atomic mass is 35.5. The van der Waals surface area contributed by atoms with Crippen LogP contribution < -0.4 is 5.32 Å². The van der Waals surface area contributed by atoms with Crippen molar-refractivity contribution in [3.8, 4) is 0 Å². The van der Waals surface area contributed by atoms with Gasteiger partial charge >= 0.3 is 0 Å². The maximum atomic E-state index is 12.0. The first-order valence-electron chi connectivity index (χ1n) is 7.65. The van der Waals surface area contributed by atoms with Crippen LogP contribution in [0, 0.1) is 19.8 Å². The SMILES string of the molecule is COCCN1CC(CNC(=O)Cn2nc(C)c(Cl)c2C)CC1=O. The predicted molar refractivity (Wildman–Crippen MR) is 86.3 cm³/mol. The zero-order valence-corrected chi connectivity index (χ0v) is 14.5. The first-order valence-corrected chi connectivity index (χ1v) is 8.03. The maximum Gasteiger partial charge on any atom is 0.241 e. The van der Waals surface area contributed by atoms with Crippen LogP contribution in [0.15, 0.2) is 0 Å². The maximum absolute atomic E-state index is 12.0. The number of aryl methyl sites for hydroxylation is 1. The van der Waals surface area contributed by atoms with Crippen molar-refractivity contribution in [2.75, 3.05) is 33.4 Å². The molecule has 1 aliphatic rings. The quantitative estimate of drug-likeness (QED) is 0.794. The molecule has 0 aliphatic carbocycles. The Morgan fingerprint density at radius 1 is 1.48 bits per heavy atom. The molecule has 1 saturated heterocycles. The van der Waals surface area contributed by atoms with Crippen LogP contribution >= 0.6 is 11.6 Å². The summed E-state index contributed by atoms with van der Waals surface area (Å²) < 4.78 is 6.59. The smallest absolute Gasteiger partial charge is 0.241 e. The lowest BCUT2D eigenvalue weighted by molar-refractivity contribution is -0.128. The van der Waals surface area contributed by atoms with Gasteiger partial charge in [-0.25, -0.2) is 0 Å². The molecule has 1 unspecified atom stereocenters. The van der Waals surface area contributed by atoms with Gasteiger partial charge < -0.3 is 15.0 Å². The van der Waals surface area contributed by atoms with Crippen LogP contribution in [0.5, 0.6) is 0 Å². The minimum atomic E-state index is -0.130. The van der Waals surface area contributed by atoms with Crippen LogP contribution in [0.25, 0.3) is 0 Å². The van der Waals surface area contributed by atoms with Crippen molar-refractivity contribution in [1.82, 2.24) is 20.0 Å². The Morgan fingerprint density at radius 2 is 2.22 bits per heavy atom. The van der Waals surface area contributed by atoms with Gasteiger partial charge in [-0.05, 0) is 13.8 Å². The molecule has 2 amide bonds. The van der Waals surface area contributed by atoms with E-state index in [9.17, 15) is 9.59 Å². The van der Waals surface area contributed by atoms with E-state index in [0.717, 1.165) is 5.69 Å². The molecule has 2 rings (SSSR count). The lowest BCUT2D eigenvalue weighted by Crippen LogP contribution is -2.34. The van der Waals surface area contributed by atoms with Gasteiger partial charge in [-0.2, -0.15) is 5.10 Å². The topological polar surface area (TPSA) is 76.5 Å². The Hall–Kier alpha value is -1.60. The summed E-state index contributed by atoms with van der Waals surface area (Å²) in [6.45, 7) is 6.05. The van der Waals surface area contributed by atoms with Crippen molar-refractivity contribution >= 4 is 23.4 Å². The number of methoxy groups -OCH3 is 1. The number of nitrogens with zero attached hydrogens (tertiary/aromatic N) is 3. The van der Waals surface area contributed by atoms with Crippen LogP contribution in [0.4, 0.5) is 0 Å². The lowest BCUT2D eigenvalue weighted by Gasteiger charge is -2.16. The Labute approximate surface area is 140 Å². The molecule has 1 aromatic rings. The van der Waals surface area contributed by atoms with Crippen LogP contribution in [-0.4, -0.2) is 59.8 Å². The summed E-state index contributed by atoms with van der Waals surface area (Å²) in [5, 5.41) is 7.70. The number of aromatic nitrogens is 2. The van der Waals surface area contributed by atoms with E-state index < -0.39 is 0 Å². The Balaban J connectivity index is 1.79. The first-order chi connectivity index (χ1) is 10.9. The van der Waals surface area contributed by atoms with Gasteiger partial charge in [-0.15, -0.1) is 0 Å². The summed E-state index contributed by atoms with van der Waals surface area (Å²) in [6, 6.07) is 0. The predicted octanol–water partition coefficient (Wildman–Crippen LogP) is 0.764. The van der Waals surface area contributed by atoms with Crippen LogP contribution in [0.3, 0.4) is 0 Å². The fourth-order valence-electron chi connectivity index (χ4n) is 2.69. The minimum absolute atomic E-state index is 0.117. The van der Waals surface area contributed by atoms with Gasteiger partial charge in [0.1, 0.15) is 6.54 Å². The third-order valence-corrected chi connectivity index (χ3v) is 4.58. The van der Waals surface area contributed by atoms with Crippen molar-refractivity contribution < 1.29 is 14.3 Å². The largest absolute Gasteiger partial charge is 0.383 e. The molecule has 1 aromatic heterocycles. The molecule has 1 aliphatic heterocycles. The van der Waals surface area contributed by atoms with E-state index in [2.05, 4.69) is 10.4 Å². The summed E-state index contributed by atoms with van der Waals surface area (Å²) in [6.07, 6.45) is 0.468. The van der Waals surface area contributed by atoms with Gasteiger partial charge in [0.2, 0.25) is 11.8 Å². The molecule has 7 nitrogen and oxygen atoms in total. The Morgan fingerprint density at radius 3 is 2.83 bits per heavy atom. The number of carbonyl (C=O) groups excluding carboxylic acids is 2. The Bertz CT molecular complexity index is 588. The van der Waals surface area contributed by atoms with Gasteiger partial charge in [0.15, 0.2) is 0 Å². The van der Waals surface area contributed by atoms with E-state index in [1.807, 2.05) is 13.8 Å². The third-order valence-electron chi connectivity index (χ3n) is 4.03.